The molecular formula is C9H11ClO3. The molecule has 3 nitrogen and oxygen atoms in total. The number of alkyl halides is 1. The second kappa shape index (κ2) is 4.94. The predicted molar refractivity (Wildman–Crippen MR) is 50.6 cm³/mol. The number of hydrogen-bond donors (Lipinski definition) is 2. The zero-order valence-electron chi connectivity index (χ0n) is 6.98. The molecule has 72 valence electrons. The first-order valence-electron chi connectivity index (χ1n) is 3.89. The Morgan fingerprint density at radius 1 is 1.46 bits per heavy atom. The summed E-state index contributed by atoms with van der Waals surface area (Å²) in [7, 11) is 0. The van der Waals surface area contributed by atoms with Gasteiger partial charge >= 0.3 is 0 Å². The smallest absolute Gasteiger partial charge is 0.284 e. The van der Waals surface area contributed by atoms with Gasteiger partial charge in [0.05, 0.1) is 11.5 Å². The lowest BCUT2D eigenvalue weighted by atomic mass is 10.3. The number of aliphatic hydroxyl groups excluding tert-OH is 2. The number of halogens is 1. The second-order valence-corrected chi connectivity index (χ2v) is 2.91. The van der Waals surface area contributed by atoms with E-state index in [9.17, 15) is 5.11 Å². The highest BCUT2D eigenvalue weighted by Gasteiger charge is 2.07. The Morgan fingerprint density at radius 3 is 2.62 bits per heavy atom. The normalized spacial score (nSPS) is 16.3. The molecule has 0 aromatic carbocycles. The van der Waals surface area contributed by atoms with E-state index < -0.39 is 6.10 Å². The van der Waals surface area contributed by atoms with Gasteiger partial charge in [0, 0.05) is 0 Å². The van der Waals surface area contributed by atoms with Crippen molar-refractivity contribution in [2.24, 2.45) is 0 Å². The Kier molecular flexibility index (Phi) is 3.86. The van der Waals surface area contributed by atoms with Crippen LogP contribution >= 0.6 is 11.6 Å². The van der Waals surface area contributed by atoms with Gasteiger partial charge in [-0.05, 0) is 12.2 Å². The first-order valence-corrected chi connectivity index (χ1v) is 4.42. The van der Waals surface area contributed by atoms with Crippen LogP contribution in [0.1, 0.15) is 0 Å². The molecule has 0 bridgehead atoms. The summed E-state index contributed by atoms with van der Waals surface area (Å²) in [6, 6.07) is 0. The molecule has 0 amide bonds. The molecule has 0 saturated heterocycles. The molecule has 1 aliphatic carbocycles. The van der Waals surface area contributed by atoms with E-state index >= 15 is 0 Å². The first kappa shape index (κ1) is 10.2. The molecule has 0 aliphatic heterocycles. The molecular weight excluding hydrogens is 192 g/mol. The van der Waals surface area contributed by atoms with Gasteiger partial charge in [0.1, 0.15) is 12.7 Å². The summed E-state index contributed by atoms with van der Waals surface area (Å²) in [6.45, 7) is 0.000509. The number of hydrogen-bond acceptors (Lipinski definition) is 3. The van der Waals surface area contributed by atoms with Gasteiger partial charge in [-0.25, -0.2) is 0 Å². The second-order valence-electron chi connectivity index (χ2n) is 2.60. The lowest BCUT2D eigenvalue weighted by molar-refractivity contribution is 0.0315. The lowest BCUT2D eigenvalue weighted by Gasteiger charge is -2.08. The summed E-state index contributed by atoms with van der Waals surface area (Å²) in [6.07, 6.45) is 6.24. The summed E-state index contributed by atoms with van der Waals surface area (Å²) >= 11 is 5.34. The van der Waals surface area contributed by atoms with Crippen molar-refractivity contribution in [3.63, 3.8) is 0 Å². The maximum absolute atomic E-state index is 9.29. The van der Waals surface area contributed by atoms with E-state index in [4.69, 9.17) is 21.4 Å². The van der Waals surface area contributed by atoms with Gasteiger partial charge in [-0.1, -0.05) is 12.2 Å². The third-order valence-corrected chi connectivity index (χ3v) is 1.86. The van der Waals surface area contributed by atoms with E-state index in [0.29, 0.717) is 5.57 Å². The molecule has 0 aromatic rings. The summed E-state index contributed by atoms with van der Waals surface area (Å²) in [5, 5.41) is 18.3. The molecule has 1 rings (SSSR count). The number of allylic oxidation sites excluding steroid dienone is 5. The van der Waals surface area contributed by atoms with Gasteiger partial charge in [0.25, 0.3) is 5.95 Å². The molecule has 0 heterocycles. The van der Waals surface area contributed by atoms with Crippen molar-refractivity contribution in [3.05, 3.63) is 35.8 Å². The minimum Gasteiger partial charge on any atom is -0.481 e. The Morgan fingerprint density at radius 2 is 2.08 bits per heavy atom. The van der Waals surface area contributed by atoms with Gasteiger partial charge in [0.2, 0.25) is 0 Å². The monoisotopic (exact) mass is 202 g/mol. The fourth-order valence-corrected chi connectivity index (χ4v) is 0.909. The van der Waals surface area contributed by atoms with Gasteiger partial charge in [0.15, 0.2) is 0 Å². The van der Waals surface area contributed by atoms with E-state index in [2.05, 4.69) is 0 Å². The first-order chi connectivity index (χ1) is 6.24. The molecule has 0 spiro atoms. The highest BCUT2D eigenvalue weighted by Crippen LogP contribution is 2.12. The number of ether oxygens (including phenoxy) is 1. The topological polar surface area (TPSA) is 49.7 Å². The van der Waals surface area contributed by atoms with Crippen molar-refractivity contribution in [3.8, 4) is 0 Å². The molecule has 0 saturated carbocycles. The summed E-state index contributed by atoms with van der Waals surface area (Å²) in [5.74, 6) is -0.0944. The Bertz CT molecular complexity index is 242. The predicted octanol–water partition coefficient (Wildman–Crippen LogP) is 1.50. The minimum atomic E-state index is -0.751. The number of rotatable bonds is 4. The largest absolute Gasteiger partial charge is 0.481 e. The van der Waals surface area contributed by atoms with E-state index in [-0.39, 0.29) is 18.4 Å². The summed E-state index contributed by atoms with van der Waals surface area (Å²) < 4.78 is 4.88. The van der Waals surface area contributed by atoms with E-state index in [1.807, 2.05) is 0 Å². The fraction of sp³-hybridized carbons (Fsp3) is 0.333. The highest BCUT2D eigenvalue weighted by molar-refractivity contribution is 6.18. The molecule has 4 heteroatoms. The lowest BCUT2D eigenvalue weighted by Crippen LogP contribution is -2.16. The van der Waals surface area contributed by atoms with E-state index in [0.717, 1.165) is 0 Å². The Hall–Kier alpha value is -0.930. The molecule has 1 unspecified atom stereocenters. The molecule has 13 heavy (non-hydrogen) atoms. The van der Waals surface area contributed by atoms with Crippen LogP contribution in [0.15, 0.2) is 35.8 Å². The Labute approximate surface area is 81.6 Å². The van der Waals surface area contributed by atoms with Crippen LogP contribution in [0.5, 0.6) is 0 Å². The third kappa shape index (κ3) is 3.13. The third-order valence-electron chi connectivity index (χ3n) is 1.50. The van der Waals surface area contributed by atoms with Crippen LogP contribution in [0, 0.1) is 0 Å². The average molecular weight is 203 g/mol. The van der Waals surface area contributed by atoms with Crippen molar-refractivity contribution in [2.45, 2.75) is 6.10 Å². The zero-order valence-corrected chi connectivity index (χ0v) is 7.74. The molecule has 1 atom stereocenters. The summed E-state index contributed by atoms with van der Waals surface area (Å²) in [5.41, 5.74) is 0.599. The molecule has 0 fully saturated rings. The molecule has 1 aliphatic rings. The van der Waals surface area contributed by atoms with Crippen LogP contribution in [0.4, 0.5) is 0 Å². The van der Waals surface area contributed by atoms with Crippen LogP contribution in [0.25, 0.3) is 0 Å². The SMILES string of the molecule is OC(OCC(O)CCl)=C1C=CC=C1. The van der Waals surface area contributed by atoms with Crippen molar-refractivity contribution in [1.82, 2.24) is 0 Å². The van der Waals surface area contributed by atoms with Crippen LogP contribution in [-0.2, 0) is 4.74 Å². The number of aliphatic hydroxyl groups is 2. The fourth-order valence-electron chi connectivity index (χ4n) is 0.820. The van der Waals surface area contributed by atoms with E-state index in [1.165, 1.54) is 0 Å². The standard InChI is InChI=1S/C9H11ClO3/c10-5-8(11)6-13-9(12)7-3-1-2-4-7/h1-4,8,11-12H,5-6H2. The van der Waals surface area contributed by atoms with Crippen LogP contribution in [0.3, 0.4) is 0 Å². The van der Waals surface area contributed by atoms with Gasteiger partial charge in [-0.2, -0.15) is 0 Å². The van der Waals surface area contributed by atoms with E-state index in [1.54, 1.807) is 24.3 Å². The van der Waals surface area contributed by atoms with Crippen LogP contribution in [0.2, 0.25) is 0 Å². The summed E-state index contributed by atoms with van der Waals surface area (Å²) in [4.78, 5) is 0. The van der Waals surface area contributed by atoms with Gasteiger partial charge in [-0.3, -0.25) is 0 Å². The Balaban J connectivity index is 2.41. The van der Waals surface area contributed by atoms with Crippen LogP contribution < -0.4 is 0 Å². The van der Waals surface area contributed by atoms with Crippen molar-refractivity contribution in [2.75, 3.05) is 12.5 Å². The van der Waals surface area contributed by atoms with Crippen molar-refractivity contribution in [1.29, 1.82) is 0 Å². The molecule has 0 aromatic heterocycles. The van der Waals surface area contributed by atoms with Crippen molar-refractivity contribution < 1.29 is 14.9 Å². The highest BCUT2D eigenvalue weighted by atomic mass is 35.5. The van der Waals surface area contributed by atoms with Gasteiger partial charge < -0.3 is 14.9 Å². The minimum absolute atomic E-state index is 0.000509. The van der Waals surface area contributed by atoms with Crippen LogP contribution in [-0.4, -0.2) is 28.8 Å². The van der Waals surface area contributed by atoms with Crippen molar-refractivity contribution >= 4 is 11.6 Å². The van der Waals surface area contributed by atoms with Gasteiger partial charge in [-0.15, -0.1) is 11.6 Å². The maximum atomic E-state index is 9.29. The molecule has 2 N–H and O–H groups in total. The maximum Gasteiger partial charge on any atom is 0.284 e. The molecule has 0 radical (unpaired) electrons. The average Bonchev–Trinajstić information content (AvgIpc) is 2.66. The quantitative estimate of drug-likeness (QED) is 0.537. The zero-order chi connectivity index (χ0) is 9.68.